The molecule has 1 aliphatic rings. The van der Waals surface area contributed by atoms with Crippen LogP contribution in [0.5, 0.6) is 0 Å². The summed E-state index contributed by atoms with van der Waals surface area (Å²) in [5, 5.41) is 5.85. The number of benzene rings is 1. The predicted molar refractivity (Wildman–Crippen MR) is 67.4 cm³/mol. The minimum Gasteiger partial charge on any atom is -0.462 e. The fourth-order valence-electron chi connectivity index (χ4n) is 1.62. The van der Waals surface area contributed by atoms with Gasteiger partial charge in [-0.25, -0.2) is 4.79 Å². The Bertz CT molecular complexity index is 438. The second kappa shape index (κ2) is 5.64. The molecule has 0 saturated carbocycles. The number of hydrogen-bond donors (Lipinski definition) is 2. The molecule has 1 aromatic rings. The van der Waals surface area contributed by atoms with Crippen molar-refractivity contribution in [3.63, 3.8) is 0 Å². The van der Waals surface area contributed by atoms with Crippen LogP contribution in [-0.4, -0.2) is 31.6 Å². The fraction of sp³-hybridized carbons (Fsp3) is 0.385. The largest absolute Gasteiger partial charge is 0.462 e. The highest BCUT2D eigenvalue weighted by molar-refractivity contribution is 5.94. The van der Waals surface area contributed by atoms with Gasteiger partial charge in [0, 0.05) is 18.8 Å². The Morgan fingerprint density at radius 2 is 2.00 bits per heavy atom. The molecule has 0 aromatic heterocycles. The van der Waals surface area contributed by atoms with E-state index < -0.39 is 0 Å². The van der Waals surface area contributed by atoms with Gasteiger partial charge >= 0.3 is 5.97 Å². The molecule has 5 nitrogen and oxygen atoms in total. The molecule has 0 radical (unpaired) electrons. The number of hydrogen-bond acceptors (Lipinski definition) is 4. The van der Waals surface area contributed by atoms with Gasteiger partial charge in [-0.15, -0.1) is 0 Å². The molecule has 0 spiro atoms. The normalized spacial score (nSPS) is 14.7. The Morgan fingerprint density at radius 3 is 2.50 bits per heavy atom. The van der Waals surface area contributed by atoms with E-state index in [9.17, 15) is 9.59 Å². The van der Waals surface area contributed by atoms with Crippen molar-refractivity contribution in [3.05, 3.63) is 29.8 Å². The molecule has 1 amide bonds. The van der Waals surface area contributed by atoms with Gasteiger partial charge in [0.1, 0.15) is 0 Å². The number of carbonyl (C=O) groups is 2. The van der Waals surface area contributed by atoms with Crippen molar-refractivity contribution < 1.29 is 14.3 Å². The third kappa shape index (κ3) is 2.87. The average molecular weight is 248 g/mol. The van der Waals surface area contributed by atoms with E-state index in [1.165, 1.54) is 0 Å². The van der Waals surface area contributed by atoms with Crippen molar-refractivity contribution >= 4 is 17.6 Å². The standard InChI is InChI=1S/C13H16N2O3/c1-2-18-13(17)9-3-5-11(6-4-9)15-12(16)10-7-14-8-10/h3-6,10,14H,2,7-8H2,1H3,(H,15,16). The summed E-state index contributed by atoms with van der Waals surface area (Å²) in [7, 11) is 0. The summed E-state index contributed by atoms with van der Waals surface area (Å²) in [6, 6.07) is 6.70. The minimum absolute atomic E-state index is 0.0117. The highest BCUT2D eigenvalue weighted by atomic mass is 16.5. The highest BCUT2D eigenvalue weighted by Crippen LogP contribution is 2.13. The molecule has 2 rings (SSSR count). The summed E-state index contributed by atoms with van der Waals surface area (Å²) < 4.78 is 4.88. The van der Waals surface area contributed by atoms with Crippen molar-refractivity contribution in [2.24, 2.45) is 5.92 Å². The zero-order valence-corrected chi connectivity index (χ0v) is 10.2. The van der Waals surface area contributed by atoms with E-state index in [4.69, 9.17) is 4.74 Å². The van der Waals surface area contributed by atoms with Crippen molar-refractivity contribution in [1.82, 2.24) is 5.32 Å². The van der Waals surface area contributed by atoms with Crippen LogP contribution >= 0.6 is 0 Å². The number of carbonyl (C=O) groups excluding carboxylic acids is 2. The van der Waals surface area contributed by atoms with E-state index in [1.54, 1.807) is 31.2 Å². The fourth-order valence-corrected chi connectivity index (χ4v) is 1.62. The van der Waals surface area contributed by atoms with Gasteiger partial charge < -0.3 is 15.4 Å². The van der Waals surface area contributed by atoms with Crippen LogP contribution in [0, 0.1) is 5.92 Å². The van der Waals surface area contributed by atoms with Crippen LogP contribution < -0.4 is 10.6 Å². The van der Waals surface area contributed by atoms with E-state index >= 15 is 0 Å². The average Bonchev–Trinajstić information content (AvgIpc) is 2.27. The van der Waals surface area contributed by atoms with E-state index in [2.05, 4.69) is 10.6 Å². The van der Waals surface area contributed by atoms with Gasteiger partial charge in [-0.1, -0.05) is 0 Å². The van der Waals surface area contributed by atoms with Crippen LogP contribution in [0.2, 0.25) is 0 Å². The first-order valence-corrected chi connectivity index (χ1v) is 5.99. The van der Waals surface area contributed by atoms with Gasteiger partial charge in [0.15, 0.2) is 0 Å². The Morgan fingerprint density at radius 1 is 1.33 bits per heavy atom. The van der Waals surface area contributed by atoms with Crippen LogP contribution in [-0.2, 0) is 9.53 Å². The zero-order valence-electron chi connectivity index (χ0n) is 10.2. The zero-order chi connectivity index (χ0) is 13.0. The third-order valence-corrected chi connectivity index (χ3v) is 2.82. The van der Waals surface area contributed by atoms with E-state index in [0.717, 1.165) is 13.1 Å². The quantitative estimate of drug-likeness (QED) is 0.781. The van der Waals surface area contributed by atoms with E-state index in [1.807, 2.05) is 0 Å². The number of ether oxygens (including phenoxy) is 1. The van der Waals surface area contributed by atoms with Gasteiger partial charge in [-0.2, -0.15) is 0 Å². The summed E-state index contributed by atoms with van der Waals surface area (Å²) in [6.45, 7) is 3.57. The molecule has 1 aromatic carbocycles. The maximum Gasteiger partial charge on any atom is 0.338 e. The first-order chi connectivity index (χ1) is 8.70. The van der Waals surface area contributed by atoms with Gasteiger partial charge in [0.2, 0.25) is 5.91 Å². The van der Waals surface area contributed by atoms with Crippen LogP contribution in [0.3, 0.4) is 0 Å². The Hall–Kier alpha value is -1.88. The first kappa shape index (κ1) is 12.6. The molecule has 1 saturated heterocycles. The number of anilines is 1. The lowest BCUT2D eigenvalue weighted by Crippen LogP contribution is -2.48. The molecule has 1 fully saturated rings. The van der Waals surface area contributed by atoms with E-state index in [0.29, 0.717) is 17.9 Å². The SMILES string of the molecule is CCOC(=O)c1ccc(NC(=O)C2CNC2)cc1. The van der Waals surface area contributed by atoms with Gasteiger partial charge in [-0.3, -0.25) is 4.79 Å². The second-order valence-electron chi connectivity index (χ2n) is 4.14. The summed E-state index contributed by atoms with van der Waals surface area (Å²) in [5.74, 6) is -0.286. The Kier molecular flexibility index (Phi) is 3.94. The molecule has 0 atom stereocenters. The molecule has 96 valence electrons. The van der Waals surface area contributed by atoms with Crippen LogP contribution in [0.4, 0.5) is 5.69 Å². The van der Waals surface area contributed by atoms with Crippen LogP contribution in [0.25, 0.3) is 0 Å². The van der Waals surface area contributed by atoms with Crippen LogP contribution in [0.1, 0.15) is 17.3 Å². The molecule has 0 unspecified atom stereocenters. The molecule has 0 aliphatic carbocycles. The maximum atomic E-state index is 11.7. The molecule has 18 heavy (non-hydrogen) atoms. The molecule has 2 N–H and O–H groups in total. The number of esters is 1. The molecular weight excluding hydrogens is 232 g/mol. The maximum absolute atomic E-state index is 11.7. The summed E-state index contributed by atoms with van der Waals surface area (Å²) in [4.78, 5) is 23.1. The summed E-state index contributed by atoms with van der Waals surface area (Å²) >= 11 is 0. The minimum atomic E-state index is -0.349. The molecular formula is C13H16N2O3. The highest BCUT2D eigenvalue weighted by Gasteiger charge is 2.24. The van der Waals surface area contributed by atoms with Gasteiger partial charge in [0.25, 0.3) is 0 Å². The van der Waals surface area contributed by atoms with Crippen molar-refractivity contribution in [3.8, 4) is 0 Å². The second-order valence-corrected chi connectivity index (χ2v) is 4.14. The molecule has 0 bridgehead atoms. The van der Waals surface area contributed by atoms with Crippen molar-refractivity contribution in [2.45, 2.75) is 6.92 Å². The molecule has 1 aliphatic heterocycles. The number of amides is 1. The molecule has 5 heteroatoms. The monoisotopic (exact) mass is 248 g/mol. The lowest BCUT2D eigenvalue weighted by Gasteiger charge is -2.25. The van der Waals surface area contributed by atoms with Crippen molar-refractivity contribution in [1.29, 1.82) is 0 Å². The van der Waals surface area contributed by atoms with Gasteiger partial charge in [0.05, 0.1) is 18.1 Å². The van der Waals surface area contributed by atoms with E-state index in [-0.39, 0.29) is 17.8 Å². The first-order valence-electron chi connectivity index (χ1n) is 5.99. The number of rotatable bonds is 4. The number of nitrogens with one attached hydrogen (secondary N) is 2. The summed E-state index contributed by atoms with van der Waals surface area (Å²) in [5.41, 5.74) is 1.18. The predicted octanol–water partition coefficient (Wildman–Crippen LogP) is 1.02. The smallest absolute Gasteiger partial charge is 0.338 e. The van der Waals surface area contributed by atoms with Gasteiger partial charge in [-0.05, 0) is 31.2 Å². The lowest BCUT2D eigenvalue weighted by molar-refractivity contribution is -0.121. The topological polar surface area (TPSA) is 67.4 Å². The lowest BCUT2D eigenvalue weighted by atomic mass is 10.0. The molecule has 1 heterocycles. The third-order valence-electron chi connectivity index (χ3n) is 2.82. The van der Waals surface area contributed by atoms with Crippen LogP contribution in [0.15, 0.2) is 24.3 Å². The Balaban J connectivity index is 1.94. The Labute approximate surface area is 106 Å². The summed E-state index contributed by atoms with van der Waals surface area (Å²) in [6.07, 6.45) is 0. The van der Waals surface area contributed by atoms with Crippen molar-refractivity contribution in [2.75, 3.05) is 25.0 Å².